The summed E-state index contributed by atoms with van der Waals surface area (Å²) < 4.78 is 5.16. The lowest BCUT2D eigenvalue weighted by atomic mass is 9.86. The number of nitrogens with one attached hydrogen (secondary N) is 2. The minimum atomic E-state index is -0.197. The lowest BCUT2D eigenvalue weighted by molar-refractivity contribution is 0.0918. The quantitative estimate of drug-likeness (QED) is 0.583. The summed E-state index contributed by atoms with van der Waals surface area (Å²) in [5, 5.41) is 7.80. The summed E-state index contributed by atoms with van der Waals surface area (Å²) >= 11 is 7.54. The summed E-state index contributed by atoms with van der Waals surface area (Å²) in [5.74, 6) is 0.654. The molecule has 8 heteroatoms. The Kier molecular flexibility index (Phi) is 8.51. The van der Waals surface area contributed by atoms with Gasteiger partial charge in [-0.15, -0.1) is 0 Å². The number of carbonyl (C=O) groups excluding carboxylic acids is 1. The van der Waals surface area contributed by atoms with Gasteiger partial charge < -0.3 is 21.1 Å². The lowest BCUT2D eigenvalue weighted by Crippen LogP contribution is -2.39. The summed E-state index contributed by atoms with van der Waals surface area (Å²) in [5.41, 5.74) is 6.96. The molecule has 1 saturated carbocycles. The fourth-order valence-electron chi connectivity index (χ4n) is 3.09. The predicted molar refractivity (Wildman–Crippen MR) is 116 cm³/mol. The van der Waals surface area contributed by atoms with Crippen molar-refractivity contribution in [3.8, 4) is 5.88 Å². The van der Waals surface area contributed by atoms with Gasteiger partial charge in [-0.05, 0) is 51.5 Å². The van der Waals surface area contributed by atoms with Crippen molar-refractivity contribution in [1.29, 1.82) is 0 Å². The molecule has 1 heterocycles. The number of pyridine rings is 1. The number of methoxy groups -OCH3 is 1. The molecule has 1 fully saturated rings. The van der Waals surface area contributed by atoms with Crippen molar-refractivity contribution >= 4 is 29.3 Å². The molecule has 0 bridgehead atoms. The van der Waals surface area contributed by atoms with Crippen molar-refractivity contribution < 1.29 is 9.53 Å². The number of aromatic nitrogens is 1. The summed E-state index contributed by atoms with van der Waals surface area (Å²) in [7, 11) is 1.49. The molecule has 0 aliphatic heterocycles. The minimum absolute atomic E-state index is 0.148. The van der Waals surface area contributed by atoms with Gasteiger partial charge in [0.1, 0.15) is 5.56 Å². The fraction of sp³-hybridized carbons (Fsp3) is 0.500. The molecular weight excluding hydrogens is 396 g/mol. The molecule has 1 aliphatic rings. The van der Waals surface area contributed by atoms with E-state index in [0.29, 0.717) is 16.5 Å². The maximum atomic E-state index is 12.6. The third-order valence-corrected chi connectivity index (χ3v) is 6.08. The smallest absolute Gasteiger partial charge is 0.257 e. The van der Waals surface area contributed by atoms with Gasteiger partial charge in [0.15, 0.2) is 0 Å². The van der Waals surface area contributed by atoms with Crippen LogP contribution in [0.4, 0.5) is 0 Å². The average Bonchev–Trinajstić information content (AvgIpc) is 2.67. The molecule has 0 unspecified atom stereocenters. The van der Waals surface area contributed by atoms with Crippen LogP contribution in [-0.2, 0) is 0 Å². The Morgan fingerprint density at radius 2 is 2.07 bits per heavy atom. The Morgan fingerprint density at radius 3 is 2.68 bits per heavy atom. The third kappa shape index (κ3) is 6.63. The first kappa shape index (κ1) is 22.4. The fourth-order valence-corrected chi connectivity index (χ4v) is 3.93. The zero-order valence-corrected chi connectivity index (χ0v) is 18.3. The summed E-state index contributed by atoms with van der Waals surface area (Å²) in [4.78, 5) is 17.7. The number of hydrogen-bond acceptors (Lipinski definition) is 6. The first-order chi connectivity index (χ1) is 13.3. The second-order valence-electron chi connectivity index (χ2n) is 7.05. The molecule has 1 aromatic rings. The topological polar surface area (TPSA) is 89.3 Å². The van der Waals surface area contributed by atoms with E-state index >= 15 is 0 Å². The number of nitrogens with two attached hydrogens (primary N) is 1. The van der Waals surface area contributed by atoms with E-state index in [9.17, 15) is 4.79 Å². The van der Waals surface area contributed by atoms with Gasteiger partial charge in [0.2, 0.25) is 5.88 Å². The van der Waals surface area contributed by atoms with Crippen LogP contribution < -0.4 is 21.1 Å². The van der Waals surface area contributed by atoms with E-state index < -0.39 is 0 Å². The van der Waals surface area contributed by atoms with Gasteiger partial charge in [0.25, 0.3) is 5.91 Å². The molecule has 0 aromatic carbocycles. The molecule has 0 radical (unpaired) electrons. The number of thioether (sulfide) groups is 1. The summed E-state index contributed by atoms with van der Waals surface area (Å²) in [6.45, 7) is 8.81. The van der Waals surface area contributed by atoms with Gasteiger partial charge in [0, 0.05) is 29.4 Å². The molecule has 154 valence electrons. The molecule has 2 rings (SSSR count). The first-order valence-electron chi connectivity index (χ1n) is 9.34. The van der Waals surface area contributed by atoms with Gasteiger partial charge in [-0.25, -0.2) is 4.98 Å². The van der Waals surface area contributed by atoms with Crippen LogP contribution >= 0.6 is 23.4 Å². The van der Waals surface area contributed by atoms with Crippen molar-refractivity contribution in [1.82, 2.24) is 15.6 Å². The third-order valence-electron chi connectivity index (χ3n) is 4.86. The monoisotopic (exact) mass is 424 g/mol. The highest BCUT2D eigenvalue weighted by Crippen LogP contribution is 2.27. The predicted octanol–water partition coefficient (Wildman–Crippen LogP) is 4.04. The number of nitrogens with zero attached hydrogens (tertiary/aromatic N) is 1. The van der Waals surface area contributed by atoms with E-state index in [4.69, 9.17) is 22.1 Å². The number of halogens is 1. The minimum Gasteiger partial charge on any atom is -0.480 e. The van der Waals surface area contributed by atoms with Gasteiger partial charge >= 0.3 is 0 Å². The molecule has 0 spiro atoms. The number of rotatable bonds is 8. The van der Waals surface area contributed by atoms with Crippen molar-refractivity contribution in [2.75, 3.05) is 13.7 Å². The highest BCUT2D eigenvalue weighted by Gasteiger charge is 2.24. The standard InChI is InChI=1S/C20H29ClN4O2S/c1-12(22)13(2)28-14(3)23-10-15-5-7-17(8-6-15)25-19(26)18-9-16(21)11-24-20(18)27-4/h9,11,15,17,23H,3,5-8,10,22H2,1-2,4H3,(H,25,26)/b13-12-/t15-,17-. The van der Waals surface area contributed by atoms with Crippen LogP contribution in [0.3, 0.4) is 0 Å². The molecule has 1 amide bonds. The van der Waals surface area contributed by atoms with Gasteiger partial charge in [0.05, 0.1) is 17.2 Å². The lowest BCUT2D eigenvalue weighted by Gasteiger charge is -2.29. The van der Waals surface area contributed by atoms with Crippen LogP contribution in [0.5, 0.6) is 5.88 Å². The Morgan fingerprint density at radius 1 is 1.39 bits per heavy atom. The molecule has 0 atom stereocenters. The molecule has 1 aliphatic carbocycles. The summed E-state index contributed by atoms with van der Waals surface area (Å²) in [6, 6.07) is 1.73. The number of carbonyl (C=O) groups is 1. The van der Waals surface area contributed by atoms with Crippen LogP contribution in [0.1, 0.15) is 49.9 Å². The Hall–Kier alpha value is -1.86. The maximum Gasteiger partial charge on any atom is 0.257 e. The molecule has 0 saturated heterocycles. The second-order valence-corrected chi connectivity index (χ2v) is 8.79. The molecule has 1 aromatic heterocycles. The van der Waals surface area contributed by atoms with E-state index in [1.165, 1.54) is 13.3 Å². The highest BCUT2D eigenvalue weighted by molar-refractivity contribution is 8.06. The SMILES string of the molecule is C=C(NC[C@H]1CC[C@H](NC(=O)c2cc(Cl)cnc2OC)CC1)S/C(C)=C(/C)N. The Labute approximate surface area is 176 Å². The van der Waals surface area contributed by atoms with Crippen LogP contribution in [0.15, 0.2) is 34.5 Å². The average molecular weight is 425 g/mol. The molecular formula is C20H29ClN4O2S. The zero-order chi connectivity index (χ0) is 20.7. The second kappa shape index (κ2) is 10.6. The maximum absolute atomic E-state index is 12.6. The van der Waals surface area contributed by atoms with E-state index in [0.717, 1.165) is 47.9 Å². The van der Waals surface area contributed by atoms with E-state index in [2.05, 4.69) is 22.2 Å². The van der Waals surface area contributed by atoms with E-state index in [1.54, 1.807) is 17.8 Å². The zero-order valence-electron chi connectivity index (χ0n) is 16.7. The number of hydrogen-bond donors (Lipinski definition) is 3. The molecule has 6 nitrogen and oxygen atoms in total. The first-order valence-corrected chi connectivity index (χ1v) is 10.5. The molecule has 4 N–H and O–H groups in total. The highest BCUT2D eigenvalue weighted by atomic mass is 35.5. The van der Waals surface area contributed by atoms with Gasteiger partial charge in [-0.3, -0.25) is 4.79 Å². The summed E-state index contributed by atoms with van der Waals surface area (Å²) in [6.07, 6.45) is 5.44. The Bertz CT molecular complexity index is 742. The van der Waals surface area contributed by atoms with Crippen molar-refractivity contribution in [3.63, 3.8) is 0 Å². The van der Waals surface area contributed by atoms with Crippen molar-refractivity contribution in [2.45, 2.75) is 45.6 Å². The van der Waals surface area contributed by atoms with E-state index in [-0.39, 0.29) is 17.8 Å². The van der Waals surface area contributed by atoms with Crippen molar-refractivity contribution in [2.24, 2.45) is 11.7 Å². The Balaban J connectivity index is 1.78. The van der Waals surface area contributed by atoms with Gasteiger partial charge in [-0.1, -0.05) is 29.9 Å². The largest absolute Gasteiger partial charge is 0.480 e. The van der Waals surface area contributed by atoms with Gasteiger partial charge in [-0.2, -0.15) is 0 Å². The molecule has 28 heavy (non-hydrogen) atoms. The van der Waals surface area contributed by atoms with Crippen LogP contribution in [0.2, 0.25) is 5.02 Å². The van der Waals surface area contributed by atoms with Crippen LogP contribution in [0.25, 0.3) is 0 Å². The van der Waals surface area contributed by atoms with Crippen molar-refractivity contribution in [3.05, 3.63) is 45.1 Å². The normalized spacial score (nSPS) is 20.1. The van der Waals surface area contributed by atoms with Crippen LogP contribution in [0, 0.1) is 5.92 Å². The van der Waals surface area contributed by atoms with E-state index in [1.807, 2.05) is 13.8 Å². The number of allylic oxidation sites excluding steroid dienone is 2. The number of ether oxygens (including phenoxy) is 1. The van der Waals surface area contributed by atoms with Crippen LogP contribution in [-0.4, -0.2) is 30.6 Å². The number of amides is 1.